The van der Waals surface area contributed by atoms with Gasteiger partial charge in [-0.3, -0.25) is 4.98 Å². The number of benzene rings is 2. The third-order valence-corrected chi connectivity index (χ3v) is 4.88. The standard InChI is InChI=1S/C22H21N/c1-2-7-18(8-3-1)21-13-14-22(23-16-21)20-12-6-11-19(15-20)17-9-4-5-10-17/h1-3,6-8,11-17H,4-5,9-10H2. The first-order valence-electron chi connectivity index (χ1n) is 8.52. The Kier molecular flexibility index (Phi) is 3.94. The minimum atomic E-state index is 0.749. The van der Waals surface area contributed by atoms with Gasteiger partial charge in [-0.05, 0) is 42.0 Å². The van der Waals surface area contributed by atoms with Crippen molar-refractivity contribution in [2.24, 2.45) is 0 Å². The molecule has 1 fully saturated rings. The van der Waals surface area contributed by atoms with Crippen molar-refractivity contribution in [2.75, 3.05) is 0 Å². The van der Waals surface area contributed by atoms with Crippen molar-refractivity contribution in [1.82, 2.24) is 4.98 Å². The van der Waals surface area contributed by atoms with Crippen LogP contribution in [-0.4, -0.2) is 4.98 Å². The summed E-state index contributed by atoms with van der Waals surface area (Å²) in [6, 6.07) is 23.7. The van der Waals surface area contributed by atoms with Crippen molar-refractivity contribution < 1.29 is 0 Å². The van der Waals surface area contributed by atoms with Crippen molar-refractivity contribution in [3.8, 4) is 22.4 Å². The second-order valence-corrected chi connectivity index (χ2v) is 6.40. The van der Waals surface area contributed by atoms with E-state index in [4.69, 9.17) is 4.98 Å². The van der Waals surface area contributed by atoms with Gasteiger partial charge in [0.05, 0.1) is 5.69 Å². The lowest BCUT2D eigenvalue weighted by Crippen LogP contribution is -1.93. The molecule has 1 saturated carbocycles. The molecule has 3 aromatic rings. The first-order chi connectivity index (χ1) is 11.4. The van der Waals surface area contributed by atoms with Gasteiger partial charge in [-0.15, -0.1) is 0 Å². The van der Waals surface area contributed by atoms with Crippen LogP contribution in [0.3, 0.4) is 0 Å². The summed E-state index contributed by atoms with van der Waals surface area (Å²) in [6.45, 7) is 0. The Morgan fingerprint density at radius 2 is 1.48 bits per heavy atom. The van der Waals surface area contributed by atoms with Crippen LogP contribution in [0.15, 0.2) is 72.9 Å². The highest BCUT2D eigenvalue weighted by atomic mass is 14.7. The molecule has 0 atom stereocenters. The normalized spacial score (nSPS) is 15.0. The number of hydrogen-bond acceptors (Lipinski definition) is 1. The fourth-order valence-electron chi connectivity index (χ4n) is 3.58. The van der Waals surface area contributed by atoms with E-state index < -0.39 is 0 Å². The Balaban J connectivity index is 1.62. The molecule has 23 heavy (non-hydrogen) atoms. The van der Waals surface area contributed by atoms with Gasteiger partial charge < -0.3 is 0 Å². The van der Waals surface area contributed by atoms with Gasteiger partial charge >= 0.3 is 0 Å². The van der Waals surface area contributed by atoms with Crippen LogP contribution < -0.4 is 0 Å². The Labute approximate surface area is 138 Å². The third kappa shape index (κ3) is 3.05. The van der Waals surface area contributed by atoms with E-state index in [0.29, 0.717) is 0 Å². The predicted molar refractivity (Wildman–Crippen MR) is 96.3 cm³/mol. The Morgan fingerprint density at radius 1 is 0.696 bits per heavy atom. The smallest absolute Gasteiger partial charge is 0.0702 e. The number of pyridine rings is 1. The van der Waals surface area contributed by atoms with Gasteiger partial charge in [0.1, 0.15) is 0 Å². The second-order valence-electron chi connectivity index (χ2n) is 6.40. The van der Waals surface area contributed by atoms with Crippen LogP contribution >= 0.6 is 0 Å². The van der Waals surface area contributed by atoms with E-state index in [-0.39, 0.29) is 0 Å². The molecule has 0 amide bonds. The summed E-state index contributed by atoms with van der Waals surface area (Å²) in [5.41, 5.74) is 6.15. The molecule has 0 aliphatic heterocycles. The van der Waals surface area contributed by atoms with E-state index in [1.54, 1.807) is 0 Å². The SMILES string of the molecule is c1ccc(-c2ccc(-c3cccc(C4CCCC4)c3)nc2)cc1. The molecule has 0 spiro atoms. The summed E-state index contributed by atoms with van der Waals surface area (Å²) in [5.74, 6) is 0.749. The maximum Gasteiger partial charge on any atom is 0.0702 e. The van der Waals surface area contributed by atoms with E-state index in [9.17, 15) is 0 Å². The van der Waals surface area contributed by atoms with Crippen LogP contribution in [0.25, 0.3) is 22.4 Å². The van der Waals surface area contributed by atoms with E-state index in [1.165, 1.54) is 47.9 Å². The molecule has 1 heteroatoms. The summed E-state index contributed by atoms with van der Waals surface area (Å²) in [7, 11) is 0. The second kappa shape index (κ2) is 6.37. The van der Waals surface area contributed by atoms with Crippen molar-refractivity contribution in [3.63, 3.8) is 0 Å². The molecule has 4 rings (SSSR count). The van der Waals surface area contributed by atoms with Crippen LogP contribution in [0.5, 0.6) is 0 Å². The minimum absolute atomic E-state index is 0.749. The first kappa shape index (κ1) is 14.2. The highest BCUT2D eigenvalue weighted by Gasteiger charge is 2.17. The molecule has 1 aliphatic carbocycles. The topological polar surface area (TPSA) is 12.9 Å². The number of aromatic nitrogens is 1. The van der Waals surface area contributed by atoms with Gasteiger partial charge in [0.15, 0.2) is 0 Å². The highest BCUT2D eigenvalue weighted by molar-refractivity contribution is 5.67. The Morgan fingerprint density at radius 3 is 2.22 bits per heavy atom. The maximum atomic E-state index is 4.69. The lowest BCUT2D eigenvalue weighted by Gasteiger charge is -2.11. The average Bonchev–Trinajstić information content (AvgIpc) is 3.18. The number of rotatable bonds is 3. The van der Waals surface area contributed by atoms with Crippen LogP contribution in [0.4, 0.5) is 0 Å². The molecule has 1 heterocycles. The molecule has 0 N–H and O–H groups in total. The summed E-state index contributed by atoms with van der Waals surface area (Å²) >= 11 is 0. The van der Waals surface area contributed by atoms with Crippen LogP contribution in [0, 0.1) is 0 Å². The molecule has 114 valence electrons. The zero-order valence-corrected chi connectivity index (χ0v) is 13.3. The monoisotopic (exact) mass is 299 g/mol. The largest absolute Gasteiger partial charge is 0.256 e. The average molecular weight is 299 g/mol. The number of hydrogen-bond donors (Lipinski definition) is 0. The Hall–Kier alpha value is -2.41. The van der Waals surface area contributed by atoms with E-state index in [0.717, 1.165) is 11.6 Å². The van der Waals surface area contributed by atoms with Crippen LogP contribution in [-0.2, 0) is 0 Å². The van der Waals surface area contributed by atoms with Crippen molar-refractivity contribution >= 4 is 0 Å². The fraction of sp³-hybridized carbons (Fsp3) is 0.227. The molecule has 0 saturated heterocycles. The lowest BCUT2D eigenvalue weighted by molar-refractivity contribution is 0.723. The summed E-state index contributed by atoms with van der Waals surface area (Å²) in [6.07, 6.45) is 7.40. The zero-order valence-electron chi connectivity index (χ0n) is 13.3. The van der Waals surface area contributed by atoms with Crippen LogP contribution in [0.2, 0.25) is 0 Å². The lowest BCUT2D eigenvalue weighted by atomic mass is 9.95. The third-order valence-electron chi connectivity index (χ3n) is 4.88. The zero-order chi connectivity index (χ0) is 15.5. The molecular formula is C22H21N. The molecule has 1 nitrogen and oxygen atoms in total. The van der Waals surface area contributed by atoms with Gasteiger partial charge in [-0.25, -0.2) is 0 Å². The molecule has 1 aromatic heterocycles. The van der Waals surface area contributed by atoms with E-state index in [1.807, 2.05) is 12.3 Å². The molecular weight excluding hydrogens is 278 g/mol. The molecule has 0 unspecified atom stereocenters. The van der Waals surface area contributed by atoms with Gasteiger partial charge in [0, 0.05) is 17.3 Å². The van der Waals surface area contributed by atoms with Crippen molar-refractivity contribution in [3.05, 3.63) is 78.5 Å². The molecule has 0 bridgehead atoms. The van der Waals surface area contributed by atoms with Gasteiger partial charge in [0.2, 0.25) is 0 Å². The minimum Gasteiger partial charge on any atom is -0.256 e. The maximum absolute atomic E-state index is 4.69. The van der Waals surface area contributed by atoms with Crippen LogP contribution in [0.1, 0.15) is 37.2 Å². The van der Waals surface area contributed by atoms with Gasteiger partial charge in [0.25, 0.3) is 0 Å². The first-order valence-corrected chi connectivity index (χ1v) is 8.52. The van der Waals surface area contributed by atoms with Gasteiger partial charge in [-0.1, -0.05) is 67.4 Å². The molecule has 0 radical (unpaired) electrons. The predicted octanol–water partition coefficient (Wildman–Crippen LogP) is 6.07. The summed E-state index contributed by atoms with van der Waals surface area (Å²) in [5, 5.41) is 0. The van der Waals surface area contributed by atoms with E-state index >= 15 is 0 Å². The fourth-order valence-corrected chi connectivity index (χ4v) is 3.58. The summed E-state index contributed by atoms with van der Waals surface area (Å²) in [4.78, 5) is 4.69. The van der Waals surface area contributed by atoms with Crippen molar-refractivity contribution in [1.29, 1.82) is 0 Å². The number of nitrogens with zero attached hydrogens (tertiary/aromatic N) is 1. The van der Waals surface area contributed by atoms with Gasteiger partial charge in [-0.2, -0.15) is 0 Å². The van der Waals surface area contributed by atoms with Crippen molar-refractivity contribution in [2.45, 2.75) is 31.6 Å². The Bertz CT molecular complexity index is 769. The quantitative estimate of drug-likeness (QED) is 0.571. The summed E-state index contributed by atoms with van der Waals surface area (Å²) < 4.78 is 0. The molecule has 2 aromatic carbocycles. The van der Waals surface area contributed by atoms with E-state index in [2.05, 4.69) is 60.7 Å². The molecule has 1 aliphatic rings. The highest BCUT2D eigenvalue weighted by Crippen LogP contribution is 2.35.